The molecule has 0 saturated carbocycles. The fourth-order valence-corrected chi connectivity index (χ4v) is 2.11. The Bertz CT molecular complexity index is 762. The fourth-order valence-electron chi connectivity index (χ4n) is 2.11. The van der Waals surface area contributed by atoms with Crippen LogP contribution >= 0.6 is 0 Å². The predicted octanol–water partition coefficient (Wildman–Crippen LogP) is 1.99. The maximum absolute atomic E-state index is 11.9. The van der Waals surface area contributed by atoms with Gasteiger partial charge in [0.1, 0.15) is 18.0 Å². The van der Waals surface area contributed by atoms with E-state index in [1.54, 1.807) is 27.0 Å². The van der Waals surface area contributed by atoms with Gasteiger partial charge in [0.25, 0.3) is 0 Å². The van der Waals surface area contributed by atoms with E-state index in [4.69, 9.17) is 10.5 Å². The van der Waals surface area contributed by atoms with Crippen molar-refractivity contribution in [3.8, 4) is 11.8 Å². The number of carbonyl (C=O) groups is 2. The molecule has 1 rings (SSSR count). The van der Waals surface area contributed by atoms with Crippen LogP contribution in [0.15, 0.2) is 6.20 Å². The monoisotopic (exact) mass is 404 g/mol. The number of hydrogen-bond donors (Lipinski definition) is 3. The molecule has 4 N–H and O–H groups in total. The fraction of sp³-hybridized carbons (Fsp3) is 0.600. The number of nitrogens with one attached hydrogen (secondary N) is 2. The van der Waals surface area contributed by atoms with Crippen LogP contribution in [0.1, 0.15) is 53.0 Å². The van der Waals surface area contributed by atoms with Gasteiger partial charge in [0.15, 0.2) is 0 Å². The number of rotatable bonds is 7. The summed E-state index contributed by atoms with van der Waals surface area (Å²) in [7, 11) is 1.52. The summed E-state index contributed by atoms with van der Waals surface area (Å²) in [6.45, 7) is 9.73. The Balaban J connectivity index is 2.40. The molecular formula is C20H32N6O3. The highest BCUT2D eigenvalue weighted by molar-refractivity contribution is 5.82. The molecular weight excluding hydrogens is 372 g/mol. The topological polar surface area (TPSA) is 122 Å². The van der Waals surface area contributed by atoms with Crippen LogP contribution in [0.5, 0.6) is 0 Å². The van der Waals surface area contributed by atoms with Gasteiger partial charge in [-0.2, -0.15) is 4.98 Å². The van der Waals surface area contributed by atoms with Crippen molar-refractivity contribution in [2.24, 2.45) is 0 Å². The zero-order chi connectivity index (χ0) is 22.0. The van der Waals surface area contributed by atoms with Crippen molar-refractivity contribution in [1.82, 2.24) is 20.2 Å². The van der Waals surface area contributed by atoms with Crippen molar-refractivity contribution < 1.29 is 14.3 Å². The Kier molecular flexibility index (Phi) is 9.19. The minimum atomic E-state index is -0.597. The minimum Gasteiger partial charge on any atom is -0.444 e. The van der Waals surface area contributed by atoms with Crippen LogP contribution in [0, 0.1) is 11.8 Å². The molecule has 1 aromatic heterocycles. The molecule has 9 nitrogen and oxygen atoms in total. The number of nitrogens with two attached hydrogens (primary N) is 1. The Hall–Kier alpha value is -3.02. The van der Waals surface area contributed by atoms with Crippen molar-refractivity contribution in [3.63, 3.8) is 0 Å². The first kappa shape index (κ1) is 24.0. The molecule has 9 heteroatoms. The lowest BCUT2D eigenvalue weighted by molar-refractivity contribution is -0.122. The number of aromatic nitrogens is 2. The van der Waals surface area contributed by atoms with Gasteiger partial charge in [-0.25, -0.2) is 9.78 Å². The van der Waals surface area contributed by atoms with E-state index in [-0.39, 0.29) is 24.4 Å². The van der Waals surface area contributed by atoms with E-state index >= 15 is 0 Å². The van der Waals surface area contributed by atoms with Gasteiger partial charge in [-0.1, -0.05) is 11.8 Å². The van der Waals surface area contributed by atoms with Crippen LogP contribution in [0.2, 0.25) is 0 Å². The molecule has 0 radical (unpaired) electrons. The smallest absolute Gasteiger partial charge is 0.410 e. The van der Waals surface area contributed by atoms with Gasteiger partial charge < -0.3 is 26.0 Å². The molecule has 0 unspecified atom stereocenters. The van der Waals surface area contributed by atoms with Crippen molar-refractivity contribution >= 4 is 23.8 Å². The summed E-state index contributed by atoms with van der Waals surface area (Å²) in [6.07, 6.45) is 2.33. The molecule has 2 amide bonds. The number of hydrogen-bond acceptors (Lipinski definition) is 7. The Labute approximate surface area is 172 Å². The van der Waals surface area contributed by atoms with E-state index in [9.17, 15) is 9.59 Å². The van der Waals surface area contributed by atoms with Crippen LogP contribution < -0.4 is 16.4 Å². The van der Waals surface area contributed by atoms with Crippen LogP contribution in [0.4, 0.5) is 16.6 Å². The van der Waals surface area contributed by atoms with Gasteiger partial charge in [0.05, 0.1) is 11.8 Å². The highest BCUT2D eigenvalue weighted by Gasteiger charge is 2.20. The predicted molar refractivity (Wildman–Crippen MR) is 113 cm³/mol. The first-order valence-electron chi connectivity index (χ1n) is 9.56. The first-order chi connectivity index (χ1) is 13.5. The minimum absolute atomic E-state index is 0.0619. The summed E-state index contributed by atoms with van der Waals surface area (Å²) in [4.78, 5) is 33.1. The molecule has 0 aliphatic rings. The molecule has 1 heterocycles. The van der Waals surface area contributed by atoms with Crippen LogP contribution in [0.25, 0.3) is 0 Å². The van der Waals surface area contributed by atoms with Crippen LogP contribution in [-0.4, -0.2) is 58.6 Å². The lowest BCUT2D eigenvalue weighted by Crippen LogP contribution is -2.41. The van der Waals surface area contributed by atoms with Gasteiger partial charge in [-0.15, -0.1) is 0 Å². The molecule has 160 valence electrons. The maximum atomic E-state index is 11.9. The van der Waals surface area contributed by atoms with E-state index in [1.165, 1.54) is 11.9 Å². The molecule has 0 fully saturated rings. The van der Waals surface area contributed by atoms with Gasteiger partial charge in [-0.05, 0) is 41.0 Å². The summed E-state index contributed by atoms with van der Waals surface area (Å²) in [5, 5.41) is 5.95. The highest BCUT2D eigenvalue weighted by Crippen LogP contribution is 2.12. The SMILES string of the molecule is CC(C)Nc1nc(N)ncc1C#CCCCNC(=O)CN(C)C(=O)OC(C)(C)C. The van der Waals surface area contributed by atoms with Crippen molar-refractivity contribution in [3.05, 3.63) is 11.8 Å². The average Bonchev–Trinajstić information content (AvgIpc) is 2.57. The molecule has 0 aromatic carbocycles. The molecule has 0 aliphatic heterocycles. The first-order valence-corrected chi connectivity index (χ1v) is 9.56. The third-order valence-corrected chi connectivity index (χ3v) is 3.34. The quantitative estimate of drug-likeness (QED) is 0.469. The second-order valence-electron chi connectivity index (χ2n) is 7.88. The summed E-state index contributed by atoms with van der Waals surface area (Å²) in [6, 6.07) is 0.193. The van der Waals surface area contributed by atoms with Crippen molar-refractivity contribution in [2.45, 2.75) is 59.1 Å². The summed E-state index contributed by atoms with van der Waals surface area (Å²) < 4.78 is 5.21. The van der Waals surface area contributed by atoms with E-state index in [1.807, 2.05) is 13.8 Å². The Morgan fingerprint density at radius 2 is 2.03 bits per heavy atom. The van der Waals surface area contributed by atoms with Crippen LogP contribution in [0.3, 0.4) is 0 Å². The summed E-state index contributed by atoms with van der Waals surface area (Å²) in [5.74, 6) is 6.63. The number of ether oxygens (including phenoxy) is 1. The third kappa shape index (κ3) is 10.2. The Morgan fingerprint density at radius 1 is 1.34 bits per heavy atom. The number of likely N-dealkylation sites (N-methyl/N-ethyl adjacent to an activating group) is 1. The largest absolute Gasteiger partial charge is 0.444 e. The van der Waals surface area contributed by atoms with Gasteiger partial charge >= 0.3 is 6.09 Å². The number of nitrogens with zero attached hydrogens (tertiary/aromatic N) is 3. The standard InChI is InChI=1S/C20H32N6O3/c1-14(2)24-17-15(12-23-18(21)25-17)10-8-7-9-11-22-16(27)13-26(6)19(28)29-20(3,4)5/h12,14H,7,9,11,13H2,1-6H3,(H,22,27)(H3,21,23,24,25). The van der Waals surface area contributed by atoms with Gasteiger partial charge in [-0.3, -0.25) is 4.79 Å². The molecule has 0 saturated heterocycles. The highest BCUT2D eigenvalue weighted by atomic mass is 16.6. The number of amides is 2. The van der Waals surface area contributed by atoms with E-state index < -0.39 is 11.7 Å². The van der Waals surface area contributed by atoms with E-state index in [0.717, 1.165) is 0 Å². The number of unbranched alkanes of at least 4 members (excludes halogenated alkanes) is 1. The lowest BCUT2D eigenvalue weighted by Gasteiger charge is -2.24. The molecule has 0 atom stereocenters. The summed E-state index contributed by atoms with van der Waals surface area (Å²) in [5.41, 5.74) is 5.71. The van der Waals surface area contributed by atoms with Crippen LogP contribution in [-0.2, 0) is 9.53 Å². The van der Waals surface area contributed by atoms with Crippen molar-refractivity contribution in [2.75, 3.05) is 31.2 Å². The second-order valence-corrected chi connectivity index (χ2v) is 7.88. The van der Waals surface area contributed by atoms with E-state index in [0.29, 0.717) is 30.8 Å². The number of anilines is 2. The lowest BCUT2D eigenvalue weighted by atomic mass is 10.2. The van der Waals surface area contributed by atoms with Crippen molar-refractivity contribution in [1.29, 1.82) is 0 Å². The zero-order valence-corrected chi connectivity index (χ0v) is 18.1. The third-order valence-electron chi connectivity index (χ3n) is 3.34. The number of nitrogen functional groups attached to an aromatic ring is 1. The molecule has 0 spiro atoms. The zero-order valence-electron chi connectivity index (χ0n) is 18.1. The van der Waals surface area contributed by atoms with Gasteiger partial charge in [0, 0.05) is 26.1 Å². The van der Waals surface area contributed by atoms with Gasteiger partial charge in [0.2, 0.25) is 11.9 Å². The molecule has 0 aliphatic carbocycles. The second kappa shape index (κ2) is 11.1. The summed E-state index contributed by atoms with van der Waals surface area (Å²) >= 11 is 0. The average molecular weight is 405 g/mol. The molecule has 0 bridgehead atoms. The molecule has 1 aromatic rings. The number of carbonyl (C=O) groups excluding carboxylic acids is 2. The Morgan fingerprint density at radius 3 is 2.66 bits per heavy atom. The van der Waals surface area contributed by atoms with E-state index in [2.05, 4.69) is 32.4 Å². The normalized spacial score (nSPS) is 10.7. The maximum Gasteiger partial charge on any atom is 0.410 e. The molecule has 29 heavy (non-hydrogen) atoms.